The van der Waals surface area contributed by atoms with Gasteiger partial charge in [-0.2, -0.15) is 13.2 Å². The Bertz CT molecular complexity index is 988. The zero-order valence-corrected chi connectivity index (χ0v) is 17.2. The summed E-state index contributed by atoms with van der Waals surface area (Å²) in [6.45, 7) is 1.64. The Hall–Kier alpha value is -2.91. The lowest BCUT2D eigenvalue weighted by molar-refractivity contribution is -0.144. The first-order chi connectivity index (χ1) is 15.2. The van der Waals surface area contributed by atoms with E-state index in [1.54, 1.807) is 0 Å². The molecule has 32 heavy (non-hydrogen) atoms. The van der Waals surface area contributed by atoms with Gasteiger partial charge in [-0.1, -0.05) is 36.4 Å². The van der Waals surface area contributed by atoms with Gasteiger partial charge in [0, 0.05) is 38.0 Å². The summed E-state index contributed by atoms with van der Waals surface area (Å²) in [4.78, 5) is 28.5. The number of carbonyl (C=O) groups is 2. The molecule has 2 fully saturated rings. The molecule has 2 heterocycles. The van der Waals surface area contributed by atoms with E-state index in [1.807, 2.05) is 30.3 Å². The van der Waals surface area contributed by atoms with Crippen molar-refractivity contribution in [2.45, 2.75) is 37.3 Å². The Labute approximate surface area is 183 Å². The van der Waals surface area contributed by atoms with Crippen molar-refractivity contribution >= 4 is 11.9 Å². The predicted molar refractivity (Wildman–Crippen MR) is 109 cm³/mol. The molecule has 0 aliphatic carbocycles. The second kappa shape index (κ2) is 8.55. The minimum atomic E-state index is -4.61. The summed E-state index contributed by atoms with van der Waals surface area (Å²) >= 11 is 0. The lowest BCUT2D eigenvalue weighted by Crippen LogP contribution is -2.58. The second-order valence-electron chi connectivity index (χ2n) is 8.13. The molecule has 6 nitrogen and oxygen atoms in total. The maximum Gasteiger partial charge on any atom is 0.416 e. The van der Waals surface area contributed by atoms with Gasteiger partial charge in [0.15, 0.2) is 6.04 Å². The number of carbonyl (C=O) groups excluding carboxylic acids is 1. The lowest BCUT2D eigenvalue weighted by atomic mass is 9.96. The highest BCUT2D eigenvalue weighted by molar-refractivity contribution is 5.97. The average Bonchev–Trinajstić information content (AvgIpc) is 3.14. The molecule has 2 aliphatic heterocycles. The van der Waals surface area contributed by atoms with Gasteiger partial charge in [-0.3, -0.25) is 14.6 Å². The third-order valence-corrected chi connectivity index (χ3v) is 6.09. The summed E-state index contributed by atoms with van der Waals surface area (Å²) < 4.78 is 45.3. The summed E-state index contributed by atoms with van der Waals surface area (Å²) in [6.07, 6.45) is -3.87. The van der Waals surface area contributed by atoms with Crippen LogP contribution in [0.3, 0.4) is 0 Å². The molecule has 2 saturated heterocycles. The van der Waals surface area contributed by atoms with E-state index in [2.05, 4.69) is 4.90 Å². The van der Waals surface area contributed by atoms with Gasteiger partial charge in [-0.25, -0.2) is 4.79 Å². The minimum Gasteiger partial charge on any atom is -0.480 e. The van der Waals surface area contributed by atoms with Crippen molar-refractivity contribution in [3.05, 3.63) is 71.3 Å². The summed E-state index contributed by atoms with van der Waals surface area (Å²) in [6, 6.07) is 12.7. The molecule has 2 aliphatic rings. The number of ether oxygens (including phenoxy) is 1. The summed E-state index contributed by atoms with van der Waals surface area (Å²) in [5.41, 5.74) is -1.18. The van der Waals surface area contributed by atoms with Crippen molar-refractivity contribution in [3.8, 4) is 0 Å². The zero-order valence-electron chi connectivity index (χ0n) is 17.2. The van der Waals surface area contributed by atoms with Crippen LogP contribution in [0.2, 0.25) is 0 Å². The number of benzene rings is 2. The number of rotatable bonds is 4. The molecule has 0 saturated carbocycles. The summed E-state index contributed by atoms with van der Waals surface area (Å²) in [5, 5.41) is 9.66. The molecule has 9 heteroatoms. The molecule has 1 N–H and O–H groups in total. The van der Waals surface area contributed by atoms with Crippen LogP contribution in [0, 0.1) is 0 Å². The first-order valence-electron chi connectivity index (χ1n) is 10.3. The van der Waals surface area contributed by atoms with E-state index in [-0.39, 0.29) is 12.2 Å². The lowest BCUT2D eigenvalue weighted by Gasteiger charge is -2.44. The third-order valence-electron chi connectivity index (χ3n) is 6.09. The van der Waals surface area contributed by atoms with Gasteiger partial charge in [0.1, 0.15) is 5.72 Å². The van der Waals surface area contributed by atoms with Gasteiger partial charge >= 0.3 is 12.1 Å². The van der Waals surface area contributed by atoms with Crippen LogP contribution in [0.15, 0.2) is 54.6 Å². The van der Waals surface area contributed by atoms with Gasteiger partial charge in [0.2, 0.25) is 0 Å². The van der Waals surface area contributed by atoms with Gasteiger partial charge in [-0.05, 0) is 23.8 Å². The van der Waals surface area contributed by atoms with E-state index >= 15 is 0 Å². The molecule has 1 atom stereocenters. The fourth-order valence-corrected chi connectivity index (χ4v) is 4.43. The largest absolute Gasteiger partial charge is 0.480 e. The molecule has 1 amide bonds. The smallest absolute Gasteiger partial charge is 0.416 e. The third kappa shape index (κ3) is 4.35. The average molecular weight is 448 g/mol. The molecule has 2 aromatic rings. The van der Waals surface area contributed by atoms with Crippen molar-refractivity contribution in [2.75, 3.05) is 19.7 Å². The van der Waals surface area contributed by atoms with Crippen LogP contribution in [-0.4, -0.2) is 58.2 Å². The zero-order chi connectivity index (χ0) is 22.9. The summed E-state index contributed by atoms with van der Waals surface area (Å²) in [5.74, 6) is -2.01. The number of aliphatic carboxylic acids is 1. The van der Waals surface area contributed by atoms with E-state index < -0.39 is 35.4 Å². The molecular formula is C23H23F3N2O4. The number of likely N-dealkylation sites (tertiary alicyclic amines) is 1. The fourth-order valence-electron chi connectivity index (χ4n) is 4.43. The number of hydrogen-bond donors (Lipinski definition) is 1. The normalized spacial score (nSPS) is 21.1. The Balaban J connectivity index is 1.56. The van der Waals surface area contributed by atoms with Crippen LogP contribution in [0.25, 0.3) is 0 Å². The molecule has 0 unspecified atom stereocenters. The maximum absolute atomic E-state index is 13.3. The quantitative estimate of drug-likeness (QED) is 0.774. The van der Waals surface area contributed by atoms with Crippen LogP contribution < -0.4 is 0 Å². The Kier molecular flexibility index (Phi) is 5.96. The molecular weight excluding hydrogens is 425 g/mol. The maximum atomic E-state index is 13.3. The monoisotopic (exact) mass is 448 g/mol. The molecule has 1 spiro atoms. The van der Waals surface area contributed by atoms with Gasteiger partial charge < -0.3 is 9.84 Å². The van der Waals surface area contributed by atoms with Gasteiger partial charge in [0.25, 0.3) is 5.91 Å². The number of hydrogen-bond acceptors (Lipinski definition) is 4. The first-order valence-corrected chi connectivity index (χ1v) is 10.3. The van der Waals surface area contributed by atoms with Crippen LogP contribution in [-0.2, 0) is 22.3 Å². The highest BCUT2D eigenvalue weighted by atomic mass is 19.4. The standard InChI is InChI=1S/C23H23F3N2O4/c24-23(25,26)18-8-4-7-17(13-18)20(29)28-19(21(30)31)15-32-22(28)9-11-27(12-10-22)14-16-5-2-1-3-6-16/h1-8,13,19H,9-12,14-15H2,(H,30,31)/t19-/m0/s1. The van der Waals surface area contributed by atoms with E-state index in [9.17, 15) is 27.9 Å². The Morgan fingerprint density at radius 1 is 1.06 bits per heavy atom. The van der Waals surface area contributed by atoms with Crippen molar-refractivity contribution in [1.29, 1.82) is 0 Å². The topological polar surface area (TPSA) is 70.1 Å². The van der Waals surface area contributed by atoms with Gasteiger partial charge in [0.05, 0.1) is 12.2 Å². The highest BCUT2D eigenvalue weighted by Gasteiger charge is 2.54. The second-order valence-corrected chi connectivity index (χ2v) is 8.13. The molecule has 0 aromatic heterocycles. The van der Waals surface area contributed by atoms with Crippen LogP contribution in [0.4, 0.5) is 13.2 Å². The number of amides is 1. The van der Waals surface area contributed by atoms with E-state index in [1.165, 1.54) is 6.07 Å². The SMILES string of the molecule is O=C(O)[C@@H]1COC2(CCN(Cc3ccccc3)CC2)N1C(=O)c1cccc(C(F)(F)F)c1. The van der Waals surface area contributed by atoms with Crippen molar-refractivity contribution in [2.24, 2.45) is 0 Å². The predicted octanol–water partition coefficient (Wildman–Crippen LogP) is 3.62. The van der Waals surface area contributed by atoms with Crippen LogP contribution >= 0.6 is 0 Å². The van der Waals surface area contributed by atoms with Crippen molar-refractivity contribution < 1.29 is 32.6 Å². The molecule has 4 rings (SSSR count). The molecule has 2 aromatic carbocycles. The summed E-state index contributed by atoms with van der Waals surface area (Å²) in [7, 11) is 0. The molecule has 0 bridgehead atoms. The Morgan fingerprint density at radius 3 is 2.38 bits per heavy atom. The number of nitrogens with zero attached hydrogens (tertiary/aromatic N) is 2. The first kappa shape index (κ1) is 22.3. The van der Waals surface area contributed by atoms with Gasteiger partial charge in [-0.15, -0.1) is 0 Å². The molecule has 0 radical (unpaired) electrons. The minimum absolute atomic E-state index is 0.196. The number of carboxylic acid groups (broad SMARTS) is 1. The van der Waals surface area contributed by atoms with E-state index in [0.717, 1.165) is 28.7 Å². The van der Waals surface area contributed by atoms with Crippen LogP contribution in [0.1, 0.15) is 34.3 Å². The highest BCUT2D eigenvalue weighted by Crippen LogP contribution is 2.39. The van der Waals surface area contributed by atoms with Crippen LogP contribution in [0.5, 0.6) is 0 Å². The number of piperidine rings is 1. The van der Waals surface area contributed by atoms with Crippen molar-refractivity contribution in [1.82, 2.24) is 9.80 Å². The fraction of sp³-hybridized carbons (Fsp3) is 0.391. The Morgan fingerprint density at radius 2 is 1.75 bits per heavy atom. The number of alkyl halides is 3. The number of carboxylic acids is 1. The number of halogens is 3. The van der Waals surface area contributed by atoms with E-state index in [0.29, 0.717) is 32.5 Å². The molecule has 170 valence electrons. The van der Waals surface area contributed by atoms with E-state index in [4.69, 9.17) is 4.74 Å². The van der Waals surface area contributed by atoms with Crippen molar-refractivity contribution in [3.63, 3.8) is 0 Å².